The molecule has 5 nitrogen and oxygen atoms in total. The third-order valence-corrected chi connectivity index (χ3v) is 5.12. The molecule has 0 atom stereocenters. The third-order valence-electron chi connectivity index (χ3n) is 4.27. The van der Waals surface area contributed by atoms with E-state index in [1.54, 1.807) is 11.0 Å². The van der Waals surface area contributed by atoms with Crippen molar-refractivity contribution in [3.63, 3.8) is 0 Å². The molecular formula is C18H18F3N3O2S. The van der Waals surface area contributed by atoms with Crippen LogP contribution in [0.1, 0.15) is 15.2 Å². The van der Waals surface area contributed by atoms with Gasteiger partial charge >= 0.3 is 6.18 Å². The summed E-state index contributed by atoms with van der Waals surface area (Å²) >= 11 is 1.38. The molecule has 2 heterocycles. The highest BCUT2D eigenvalue weighted by Crippen LogP contribution is 2.34. The standard InChI is InChI=1S/C18H18F3N3O2S/c19-18(20,21)13-4-1-2-5-14(13)22-16(25)12-23-7-9-24(10-8-23)17(26)15-6-3-11-27-15/h1-6,11H,7-10,12H2,(H,22,25). The minimum absolute atomic E-state index is 0.0206. The molecule has 0 saturated carbocycles. The fraction of sp³-hybridized carbons (Fsp3) is 0.333. The second-order valence-electron chi connectivity index (χ2n) is 6.14. The SMILES string of the molecule is O=C(CN1CCN(C(=O)c2cccs2)CC1)Nc1ccccc1C(F)(F)F. The van der Waals surface area contributed by atoms with Crippen LogP contribution in [0, 0.1) is 0 Å². The zero-order valence-electron chi connectivity index (χ0n) is 14.3. The molecule has 1 saturated heterocycles. The molecular weight excluding hydrogens is 379 g/mol. The molecule has 1 fully saturated rings. The Morgan fingerprint density at radius 2 is 1.74 bits per heavy atom. The number of halogens is 3. The van der Waals surface area contributed by atoms with Crippen LogP contribution >= 0.6 is 11.3 Å². The van der Waals surface area contributed by atoms with Crippen molar-refractivity contribution in [1.29, 1.82) is 0 Å². The average molecular weight is 397 g/mol. The van der Waals surface area contributed by atoms with Crippen LogP contribution in [0.2, 0.25) is 0 Å². The van der Waals surface area contributed by atoms with Crippen LogP contribution in [-0.2, 0) is 11.0 Å². The molecule has 144 valence electrons. The van der Waals surface area contributed by atoms with Crippen molar-refractivity contribution in [3.8, 4) is 0 Å². The Balaban J connectivity index is 1.53. The van der Waals surface area contributed by atoms with Gasteiger partial charge in [0.1, 0.15) is 0 Å². The van der Waals surface area contributed by atoms with E-state index in [2.05, 4.69) is 5.32 Å². The fourth-order valence-electron chi connectivity index (χ4n) is 2.90. The number of nitrogens with one attached hydrogen (secondary N) is 1. The molecule has 27 heavy (non-hydrogen) atoms. The minimum atomic E-state index is -4.53. The van der Waals surface area contributed by atoms with Crippen molar-refractivity contribution < 1.29 is 22.8 Å². The number of anilines is 1. The van der Waals surface area contributed by atoms with Crippen LogP contribution in [0.4, 0.5) is 18.9 Å². The first-order valence-electron chi connectivity index (χ1n) is 8.36. The lowest BCUT2D eigenvalue weighted by molar-refractivity contribution is -0.137. The number of carbonyl (C=O) groups excluding carboxylic acids is 2. The van der Waals surface area contributed by atoms with E-state index in [4.69, 9.17) is 0 Å². The van der Waals surface area contributed by atoms with Crippen molar-refractivity contribution in [2.75, 3.05) is 38.0 Å². The van der Waals surface area contributed by atoms with Gasteiger partial charge in [0.25, 0.3) is 5.91 Å². The van der Waals surface area contributed by atoms with E-state index in [0.29, 0.717) is 31.1 Å². The molecule has 9 heteroatoms. The van der Waals surface area contributed by atoms with Crippen LogP contribution in [0.3, 0.4) is 0 Å². The summed E-state index contributed by atoms with van der Waals surface area (Å²) in [6.07, 6.45) is -4.53. The number of hydrogen-bond acceptors (Lipinski definition) is 4. The molecule has 0 bridgehead atoms. The summed E-state index contributed by atoms with van der Waals surface area (Å²) in [6, 6.07) is 8.48. The van der Waals surface area contributed by atoms with Gasteiger partial charge in [-0.05, 0) is 23.6 Å². The van der Waals surface area contributed by atoms with E-state index in [1.807, 2.05) is 16.3 Å². The second-order valence-corrected chi connectivity index (χ2v) is 7.08. The third kappa shape index (κ3) is 4.86. The number of nitrogens with zero attached hydrogens (tertiary/aromatic N) is 2. The summed E-state index contributed by atoms with van der Waals surface area (Å²) in [6.45, 7) is 1.91. The van der Waals surface area contributed by atoms with Crippen LogP contribution in [0.15, 0.2) is 41.8 Å². The van der Waals surface area contributed by atoms with Gasteiger partial charge in [0, 0.05) is 26.2 Å². The number of piperazine rings is 1. The van der Waals surface area contributed by atoms with Gasteiger partial charge in [0.05, 0.1) is 22.7 Å². The monoisotopic (exact) mass is 397 g/mol. The number of rotatable bonds is 4. The number of hydrogen-bond donors (Lipinski definition) is 1. The first kappa shape index (κ1) is 19.4. The number of thiophene rings is 1. The Labute approximate surface area is 158 Å². The normalized spacial score (nSPS) is 15.6. The number of amides is 2. The topological polar surface area (TPSA) is 52.7 Å². The van der Waals surface area contributed by atoms with Crippen molar-refractivity contribution >= 4 is 28.8 Å². The molecule has 1 aromatic carbocycles. The zero-order valence-corrected chi connectivity index (χ0v) is 15.1. The van der Waals surface area contributed by atoms with E-state index in [0.717, 1.165) is 6.07 Å². The quantitative estimate of drug-likeness (QED) is 0.862. The van der Waals surface area contributed by atoms with Crippen molar-refractivity contribution in [2.45, 2.75) is 6.18 Å². The zero-order chi connectivity index (χ0) is 19.4. The molecule has 1 N–H and O–H groups in total. The maximum atomic E-state index is 13.0. The lowest BCUT2D eigenvalue weighted by Gasteiger charge is -2.34. The Bertz CT molecular complexity index is 800. The molecule has 2 amide bonds. The van der Waals surface area contributed by atoms with Crippen molar-refractivity contribution in [1.82, 2.24) is 9.80 Å². The van der Waals surface area contributed by atoms with Gasteiger partial charge < -0.3 is 10.2 Å². The molecule has 1 aromatic heterocycles. The second kappa shape index (κ2) is 8.10. The van der Waals surface area contributed by atoms with E-state index in [-0.39, 0.29) is 18.1 Å². The van der Waals surface area contributed by atoms with Gasteiger partial charge in [-0.2, -0.15) is 13.2 Å². The summed E-state index contributed by atoms with van der Waals surface area (Å²) in [4.78, 5) is 28.7. The fourth-order valence-corrected chi connectivity index (χ4v) is 3.59. The maximum absolute atomic E-state index is 13.0. The highest BCUT2D eigenvalue weighted by molar-refractivity contribution is 7.12. The van der Waals surface area contributed by atoms with E-state index < -0.39 is 17.6 Å². The Hall–Kier alpha value is -2.39. The summed E-state index contributed by atoms with van der Waals surface area (Å²) in [7, 11) is 0. The smallest absolute Gasteiger partial charge is 0.335 e. The van der Waals surface area contributed by atoms with E-state index in [1.165, 1.54) is 29.5 Å². The molecule has 1 aliphatic heterocycles. The number of para-hydroxylation sites is 1. The van der Waals surface area contributed by atoms with Crippen LogP contribution in [0.25, 0.3) is 0 Å². The van der Waals surface area contributed by atoms with Gasteiger partial charge in [-0.3, -0.25) is 14.5 Å². The first-order valence-corrected chi connectivity index (χ1v) is 9.24. The Morgan fingerprint density at radius 3 is 2.37 bits per heavy atom. The predicted molar refractivity (Wildman–Crippen MR) is 96.7 cm³/mol. The first-order chi connectivity index (χ1) is 12.8. The molecule has 1 aliphatic rings. The van der Waals surface area contributed by atoms with Crippen LogP contribution in [0.5, 0.6) is 0 Å². The molecule has 0 aliphatic carbocycles. The van der Waals surface area contributed by atoms with Crippen molar-refractivity contribution in [3.05, 3.63) is 52.2 Å². The molecule has 2 aromatic rings. The van der Waals surface area contributed by atoms with Gasteiger partial charge in [-0.25, -0.2) is 0 Å². The number of benzene rings is 1. The van der Waals surface area contributed by atoms with Crippen molar-refractivity contribution in [2.24, 2.45) is 0 Å². The van der Waals surface area contributed by atoms with E-state index >= 15 is 0 Å². The lowest BCUT2D eigenvalue weighted by Crippen LogP contribution is -2.50. The number of carbonyl (C=O) groups is 2. The summed E-state index contributed by atoms with van der Waals surface area (Å²) < 4.78 is 39.0. The Kier molecular flexibility index (Phi) is 5.81. The summed E-state index contributed by atoms with van der Waals surface area (Å²) in [5.41, 5.74) is -1.12. The highest BCUT2D eigenvalue weighted by Gasteiger charge is 2.33. The lowest BCUT2D eigenvalue weighted by atomic mass is 10.1. The molecule has 0 spiro atoms. The summed E-state index contributed by atoms with van der Waals surface area (Å²) in [5.74, 6) is -0.544. The van der Waals surface area contributed by atoms with Crippen LogP contribution < -0.4 is 5.32 Å². The minimum Gasteiger partial charge on any atom is -0.335 e. The maximum Gasteiger partial charge on any atom is 0.418 e. The number of alkyl halides is 3. The van der Waals surface area contributed by atoms with Gasteiger partial charge in [0.2, 0.25) is 5.91 Å². The summed E-state index contributed by atoms with van der Waals surface area (Å²) in [5, 5.41) is 4.18. The average Bonchev–Trinajstić information content (AvgIpc) is 3.16. The molecule has 0 unspecified atom stereocenters. The Morgan fingerprint density at radius 1 is 1.04 bits per heavy atom. The largest absolute Gasteiger partial charge is 0.418 e. The van der Waals surface area contributed by atoms with Crippen LogP contribution in [-0.4, -0.2) is 54.3 Å². The van der Waals surface area contributed by atoms with Gasteiger partial charge in [-0.15, -0.1) is 11.3 Å². The molecule has 0 radical (unpaired) electrons. The highest BCUT2D eigenvalue weighted by atomic mass is 32.1. The van der Waals surface area contributed by atoms with Gasteiger partial charge in [0.15, 0.2) is 0 Å². The van der Waals surface area contributed by atoms with Gasteiger partial charge in [-0.1, -0.05) is 18.2 Å². The van der Waals surface area contributed by atoms with E-state index in [9.17, 15) is 22.8 Å². The predicted octanol–water partition coefficient (Wildman–Crippen LogP) is 3.16. The molecule has 3 rings (SSSR count).